The Labute approximate surface area is 187 Å². The Morgan fingerprint density at radius 1 is 1.10 bits per heavy atom. The summed E-state index contributed by atoms with van der Waals surface area (Å²) in [7, 11) is 3.28. The Kier molecular flexibility index (Phi) is 7.39. The van der Waals surface area contributed by atoms with E-state index in [2.05, 4.69) is 19.9 Å². The van der Waals surface area contributed by atoms with Gasteiger partial charge in [-0.2, -0.15) is 0 Å². The van der Waals surface area contributed by atoms with E-state index in [0.29, 0.717) is 40.4 Å². The highest BCUT2D eigenvalue weighted by atomic mass is 32.2. The minimum Gasteiger partial charge on any atom is -0.493 e. The first kappa shape index (κ1) is 22.2. The summed E-state index contributed by atoms with van der Waals surface area (Å²) in [6.07, 6.45) is 2.51. The fourth-order valence-electron chi connectivity index (χ4n) is 3.09. The molecular formula is C23H25NO4S2. The second kappa shape index (κ2) is 10.00. The molecule has 1 fully saturated rings. The van der Waals surface area contributed by atoms with Gasteiger partial charge in [0.25, 0.3) is 5.91 Å². The average Bonchev–Trinajstić information content (AvgIpc) is 2.94. The van der Waals surface area contributed by atoms with Gasteiger partial charge in [-0.25, -0.2) is 0 Å². The lowest BCUT2D eigenvalue weighted by Gasteiger charge is -2.14. The number of para-hydroxylation sites is 1. The molecule has 0 radical (unpaired) electrons. The van der Waals surface area contributed by atoms with E-state index in [-0.39, 0.29) is 5.91 Å². The molecule has 1 aliphatic rings. The summed E-state index contributed by atoms with van der Waals surface area (Å²) in [5.41, 5.74) is 3.13. The van der Waals surface area contributed by atoms with Gasteiger partial charge in [0.2, 0.25) is 0 Å². The minimum absolute atomic E-state index is 0.111. The van der Waals surface area contributed by atoms with Crippen LogP contribution in [-0.4, -0.2) is 42.5 Å². The number of carbonyl (C=O) groups excluding carboxylic acids is 1. The van der Waals surface area contributed by atoms with Gasteiger partial charge in [-0.15, -0.1) is 0 Å². The molecule has 0 spiro atoms. The van der Waals surface area contributed by atoms with Crippen LogP contribution >= 0.6 is 24.0 Å². The highest BCUT2D eigenvalue weighted by molar-refractivity contribution is 8.26. The second-order valence-corrected chi connectivity index (χ2v) is 8.67. The Bertz CT molecular complexity index is 967. The second-order valence-electron chi connectivity index (χ2n) is 6.99. The number of hydrogen-bond acceptors (Lipinski definition) is 6. The van der Waals surface area contributed by atoms with Gasteiger partial charge < -0.3 is 14.2 Å². The molecule has 1 aliphatic heterocycles. The number of ether oxygens (including phenoxy) is 3. The SMILES string of the molecule is COc1cccc(/C=C2\SC(=S)N(C)C2=O)c1OCCCOc1cc(C)cc(C)c1. The molecule has 0 aliphatic carbocycles. The highest BCUT2D eigenvalue weighted by Crippen LogP contribution is 2.37. The number of thiocarbonyl (C=S) groups is 1. The lowest BCUT2D eigenvalue weighted by molar-refractivity contribution is -0.121. The molecule has 1 saturated heterocycles. The molecule has 158 valence electrons. The number of rotatable bonds is 8. The molecule has 0 bridgehead atoms. The maximum absolute atomic E-state index is 12.3. The molecule has 30 heavy (non-hydrogen) atoms. The molecule has 2 aromatic carbocycles. The van der Waals surface area contributed by atoms with Gasteiger partial charge in [-0.1, -0.05) is 42.2 Å². The number of hydrogen-bond donors (Lipinski definition) is 0. The molecule has 2 aromatic rings. The normalized spacial score (nSPS) is 15.1. The monoisotopic (exact) mass is 443 g/mol. The summed E-state index contributed by atoms with van der Waals surface area (Å²) < 4.78 is 17.9. The van der Waals surface area contributed by atoms with Crippen LogP contribution in [-0.2, 0) is 4.79 Å². The zero-order valence-corrected chi connectivity index (χ0v) is 19.2. The van der Waals surface area contributed by atoms with Gasteiger partial charge in [0.05, 0.1) is 25.2 Å². The van der Waals surface area contributed by atoms with E-state index in [9.17, 15) is 4.79 Å². The first-order valence-corrected chi connectivity index (χ1v) is 10.8. The maximum atomic E-state index is 12.3. The molecule has 5 nitrogen and oxygen atoms in total. The number of benzene rings is 2. The molecule has 1 heterocycles. The third-order valence-corrected chi connectivity index (χ3v) is 5.99. The van der Waals surface area contributed by atoms with Crippen molar-refractivity contribution in [2.45, 2.75) is 20.3 Å². The molecule has 0 unspecified atom stereocenters. The number of thioether (sulfide) groups is 1. The fourth-order valence-corrected chi connectivity index (χ4v) is 4.26. The first-order valence-electron chi connectivity index (χ1n) is 9.61. The highest BCUT2D eigenvalue weighted by Gasteiger charge is 2.29. The van der Waals surface area contributed by atoms with Gasteiger partial charge in [-0.3, -0.25) is 9.69 Å². The van der Waals surface area contributed by atoms with Crippen LogP contribution < -0.4 is 14.2 Å². The third kappa shape index (κ3) is 5.34. The van der Waals surface area contributed by atoms with Crippen molar-refractivity contribution in [1.29, 1.82) is 0 Å². The molecular weight excluding hydrogens is 418 g/mol. The smallest absolute Gasteiger partial charge is 0.265 e. The van der Waals surface area contributed by atoms with E-state index in [1.165, 1.54) is 27.8 Å². The summed E-state index contributed by atoms with van der Waals surface area (Å²) >= 11 is 6.49. The molecule has 3 rings (SSSR count). The predicted octanol–water partition coefficient (Wildman–Crippen LogP) is 4.99. The topological polar surface area (TPSA) is 48.0 Å². The Morgan fingerprint density at radius 2 is 1.80 bits per heavy atom. The van der Waals surface area contributed by atoms with Crippen molar-refractivity contribution in [3.63, 3.8) is 0 Å². The third-order valence-electron chi connectivity index (χ3n) is 4.50. The molecule has 0 atom stereocenters. The van der Waals surface area contributed by atoms with E-state index < -0.39 is 0 Å². The van der Waals surface area contributed by atoms with E-state index in [0.717, 1.165) is 11.3 Å². The zero-order chi connectivity index (χ0) is 21.7. The summed E-state index contributed by atoms with van der Waals surface area (Å²) in [5, 5.41) is 0. The van der Waals surface area contributed by atoms with E-state index in [1.807, 2.05) is 30.3 Å². The van der Waals surface area contributed by atoms with Crippen molar-refractivity contribution in [3.8, 4) is 17.2 Å². The van der Waals surface area contributed by atoms with Gasteiger partial charge in [0.15, 0.2) is 11.5 Å². The van der Waals surface area contributed by atoms with E-state index >= 15 is 0 Å². The summed E-state index contributed by atoms with van der Waals surface area (Å²) in [6.45, 7) is 5.11. The van der Waals surface area contributed by atoms with Gasteiger partial charge >= 0.3 is 0 Å². The number of likely N-dealkylation sites (N-methyl/N-ethyl adjacent to an activating group) is 1. The van der Waals surface area contributed by atoms with Crippen LogP contribution in [0, 0.1) is 13.8 Å². The van der Waals surface area contributed by atoms with Crippen LogP contribution in [0.3, 0.4) is 0 Å². The average molecular weight is 444 g/mol. The minimum atomic E-state index is -0.111. The zero-order valence-electron chi connectivity index (χ0n) is 17.6. The van der Waals surface area contributed by atoms with Crippen molar-refractivity contribution < 1.29 is 19.0 Å². The van der Waals surface area contributed by atoms with Crippen molar-refractivity contribution in [2.24, 2.45) is 0 Å². The molecule has 7 heteroatoms. The van der Waals surface area contributed by atoms with Crippen LogP contribution in [0.15, 0.2) is 41.3 Å². The van der Waals surface area contributed by atoms with Crippen molar-refractivity contribution >= 4 is 40.3 Å². The lowest BCUT2D eigenvalue weighted by atomic mass is 10.1. The van der Waals surface area contributed by atoms with Gasteiger partial charge in [0.1, 0.15) is 10.1 Å². The number of amides is 1. The lowest BCUT2D eigenvalue weighted by Crippen LogP contribution is -2.22. The number of carbonyl (C=O) groups is 1. The van der Waals surface area contributed by atoms with Crippen molar-refractivity contribution in [1.82, 2.24) is 4.90 Å². The van der Waals surface area contributed by atoms with Crippen LogP contribution in [0.2, 0.25) is 0 Å². The van der Waals surface area contributed by atoms with Gasteiger partial charge in [0, 0.05) is 19.0 Å². The standard InChI is InChI=1S/C23H25NO4S2/c1-15-11-16(2)13-18(12-15)27-9-6-10-28-21-17(7-5-8-19(21)26-4)14-20-22(25)24(3)23(29)30-20/h5,7-8,11-14H,6,9-10H2,1-4H3/b20-14-. The molecule has 0 N–H and O–H groups in total. The Morgan fingerprint density at radius 3 is 2.43 bits per heavy atom. The number of methoxy groups -OCH3 is 1. The Hall–Kier alpha value is -2.51. The summed E-state index contributed by atoms with van der Waals surface area (Å²) in [5.74, 6) is 1.98. The van der Waals surface area contributed by atoms with E-state index in [4.69, 9.17) is 26.4 Å². The Balaban J connectivity index is 1.65. The molecule has 0 aromatic heterocycles. The van der Waals surface area contributed by atoms with Crippen LogP contribution in [0.5, 0.6) is 17.2 Å². The first-order chi connectivity index (χ1) is 14.4. The summed E-state index contributed by atoms with van der Waals surface area (Å²) in [6, 6.07) is 11.8. The molecule has 1 amide bonds. The van der Waals surface area contributed by atoms with E-state index in [1.54, 1.807) is 20.2 Å². The number of aryl methyl sites for hydroxylation is 2. The maximum Gasteiger partial charge on any atom is 0.265 e. The van der Waals surface area contributed by atoms with Crippen LogP contribution in [0.4, 0.5) is 0 Å². The number of nitrogens with zero attached hydrogens (tertiary/aromatic N) is 1. The fraction of sp³-hybridized carbons (Fsp3) is 0.304. The van der Waals surface area contributed by atoms with Crippen LogP contribution in [0.25, 0.3) is 6.08 Å². The summed E-state index contributed by atoms with van der Waals surface area (Å²) in [4.78, 5) is 14.4. The predicted molar refractivity (Wildman–Crippen MR) is 125 cm³/mol. The van der Waals surface area contributed by atoms with Crippen LogP contribution in [0.1, 0.15) is 23.1 Å². The van der Waals surface area contributed by atoms with Gasteiger partial charge in [-0.05, 0) is 49.2 Å². The molecule has 0 saturated carbocycles. The van der Waals surface area contributed by atoms with Crippen molar-refractivity contribution in [2.75, 3.05) is 27.4 Å². The quantitative estimate of drug-likeness (QED) is 0.325. The largest absolute Gasteiger partial charge is 0.493 e. The van der Waals surface area contributed by atoms with Crippen molar-refractivity contribution in [3.05, 3.63) is 58.0 Å².